The predicted molar refractivity (Wildman–Crippen MR) is 82.7 cm³/mol. The Morgan fingerprint density at radius 1 is 1.25 bits per heavy atom. The zero-order valence-corrected chi connectivity index (χ0v) is 12.9. The van der Waals surface area contributed by atoms with Gasteiger partial charge >= 0.3 is 0 Å². The van der Waals surface area contributed by atoms with E-state index in [0.717, 1.165) is 37.0 Å². The lowest BCUT2D eigenvalue weighted by atomic mass is 9.93. The molecular weight excluding hydrogens is 322 g/mol. The van der Waals surface area contributed by atoms with Gasteiger partial charge in [0.15, 0.2) is 11.0 Å². The molecule has 0 aliphatic carbocycles. The van der Waals surface area contributed by atoms with Crippen molar-refractivity contribution in [1.82, 2.24) is 0 Å². The van der Waals surface area contributed by atoms with Crippen molar-refractivity contribution in [1.29, 1.82) is 0 Å². The molecule has 0 amide bonds. The topological polar surface area (TPSA) is 33.6 Å². The summed E-state index contributed by atoms with van der Waals surface area (Å²) in [5.74, 6) is 0.349. The van der Waals surface area contributed by atoms with Crippen LogP contribution in [0.2, 0.25) is 10.0 Å². The lowest BCUT2D eigenvalue weighted by Gasteiger charge is -2.29. The highest BCUT2D eigenvalue weighted by atomic mass is 35.5. The Morgan fingerprint density at radius 2 is 1.90 bits per heavy atom. The van der Waals surface area contributed by atoms with Crippen molar-refractivity contribution >= 4 is 45.8 Å². The van der Waals surface area contributed by atoms with Gasteiger partial charge in [-0.1, -0.05) is 35.0 Å². The van der Waals surface area contributed by atoms with Crippen LogP contribution in [0.1, 0.15) is 12.8 Å². The third-order valence-electron chi connectivity index (χ3n) is 3.47. The van der Waals surface area contributed by atoms with Gasteiger partial charge in [-0.3, -0.25) is 4.99 Å². The quantitative estimate of drug-likeness (QED) is 0.781. The van der Waals surface area contributed by atoms with Crippen LogP contribution in [0.3, 0.4) is 0 Å². The standard InChI is InChI=1S/C13H13Cl2FN2OS/c14-9-5-8(6-10(15)11(9)16)17-12-18-13(7-20-12)1-3-19-4-2-13/h5-6H,1-4,7H2,(H,17,18). The SMILES string of the molecule is Fc1c(Cl)cc(NC2=NC3(CCOCC3)CS2)cc1Cl. The number of nitrogens with one attached hydrogen (secondary N) is 1. The third kappa shape index (κ3) is 2.91. The fourth-order valence-electron chi connectivity index (χ4n) is 2.31. The molecule has 1 saturated heterocycles. The highest BCUT2D eigenvalue weighted by Crippen LogP contribution is 2.36. The van der Waals surface area contributed by atoms with Crippen molar-refractivity contribution in [2.45, 2.75) is 18.4 Å². The van der Waals surface area contributed by atoms with Crippen LogP contribution in [0, 0.1) is 5.82 Å². The molecule has 1 spiro atoms. The summed E-state index contributed by atoms with van der Waals surface area (Å²) in [6.45, 7) is 1.51. The molecule has 7 heteroatoms. The summed E-state index contributed by atoms with van der Waals surface area (Å²) >= 11 is 13.2. The summed E-state index contributed by atoms with van der Waals surface area (Å²) in [4.78, 5) is 4.76. The number of benzene rings is 1. The van der Waals surface area contributed by atoms with Crippen molar-refractivity contribution < 1.29 is 9.13 Å². The van der Waals surface area contributed by atoms with Crippen LogP contribution in [-0.2, 0) is 4.74 Å². The maximum atomic E-state index is 13.4. The molecule has 1 N–H and O–H groups in total. The maximum absolute atomic E-state index is 13.4. The molecule has 0 bridgehead atoms. The van der Waals surface area contributed by atoms with E-state index < -0.39 is 5.82 Å². The van der Waals surface area contributed by atoms with E-state index in [0.29, 0.717) is 5.69 Å². The van der Waals surface area contributed by atoms with Gasteiger partial charge in [-0.05, 0) is 25.0 Å². The van der Waals surface area contributed by atoms with E-state index in [9.17, 15) is 4.39 Å². The lowest BCUT2D eigenvalue weighted by Crippen LogP contribution is -2.34. The van der Waals surface area contributed by atoms with E-state index >= 15 is 0 Å². The zero-order valence-electron chi connectivity index (χ0n) is 10.6. The van der Waals surface area contributed by atoms with Crippen LogP contribution in [0.5, 0.6) is 0 Å². The molecule has 2 aliphatic heterocycles. The van der Waals surface area contributed by atoms with Gasteiger partial charge in [0.25, 0.3) is 0 Å². The van der Waals surface area contributed by atoms with Crippen LogP contribution in [0.15, 0.2) is 17.1 Å². The van der Waals surface area contributed by atoms with Crippen LogP contribution < -0.4 is 5.32 Å². The fraction of sp³-hybridized carbons (Fsp3) is 0.462. The van der Waals surface area contributed by atoms with Gasteiger partial charge in [0.2, 0.25) is 0 Å². The summed E-state index contributed by atoms with van der Waals surface area (Å²) in [7, 11) is 0. The van der Waals surface area contributed by atoms with Gasteiger partial charge in [-0.2, -0.15) is 0 Å². The molecule has 2 aliphatic rings. The van der Waals surface area contributed by atoms with Crippen LogP contribution in [-0.4, -0.2) is 29.7 Å². The van der Waals surface area contributed by atoms with E-state index in [2.05, 4.69) is 5.32 Å². The largest absolute Gasteiger partial charge is 0.381 e. The van der Waals surface area contributed by atoms with Gasteiger partial charge < -0.3 is 10.1 Å². The van der Waals surface area contributed by atoms with Crippen molar-refractivity contribution in [3.05, 3.63) is 28.0 Å². The Bertz CT molecular complexity index is 538. The first-order valence-electron chi connectivity index (χ1n) is 6.30. The molecule has 3 nitrogen and oxygen atoms in total. The van der Waals surface area contributed by atoms with Gasteiger partial charge in [0, 0.05) is 24.7 Å². The summed E-state index contributed by atoms with van der Waals surface area (Å²) in [5.41, 5.74) is 0.635. The van der Waals surface area contributed by atoms with Crippen LogP contribution >= 0.6 is 35.0 Å². The second-order valence-electron chi connectivity index (χ2n) is 4.92. The normalized spacial score (nSPS) is 21.1. The first kappa shape index (κ1) is 14.4. The molecule has 1 aromatic carbocycles. The van der Waals surface area contributed by atoms with Gasteiger partial charge in [0.1, 0.15) is 0 Å². The van der Waals surface area contributed by atoms with Gasteiger partial charge in [-0.25, -0.2) is 4.39 Å². The number of halogens is 3. The number of hydrogen-bond acceptors (Lipinski definition) is 4. The van der Waals surface area contributed by atoms with Crippen molar-refractivity contribution in [3.8, 4) is 0 Å². The fourth-order valence-corrected chi connectivity index (χ4v) is 4.00. The molecule has 2 heterocycles. The molecule has 1 aromatic rings. The summed E-state index contributed by atoms with van der Waals surface area (Å²) in [6.07, 6.45) is 1.88. The van der Waals surface area contributed by atoms with Crippen molar-refractivity contribution in [3.63, 3.8) is 0 Å². The number of nitrogens with zero attached hydrogens (tertiary/aromatic N) is 1. The number of rotatable bonds is 1. The first-order chi connectivity index (χ1) is 9.58. The van der Waals surface area contributed by atoms with E-state index in [1.165, 1.54) is 12.1 Å². The number of anilines is 1. The predicted octanol–water partition coefficient (Wildman–Crippen LogP) is 4.20. The Labute approximate surface area is 130 Å². The lowest BCUT2D eigenvalue weighted by molar-refractivity contribution is 0.0624. The minimum atomic E-state index is -0.596. The number of ether oxygens (including phenoxy) is 1. The Balaban J connectivity index is 1.77. The number of aliphatic imine (C=N–C) groups is 1. The van der Waals surface area contributed by atoms with Crippen molar-refractivity contribution in [2.75, 3.05) is 24.3 Å². The molecule has 108 valence electrons. The molecule has 0 radical (unpaired) electrons. The Morgan fingerprint density at radius 3 is 2.55 bits per heavy atom. The molecular formula is C13H13Cl2FN2OS. The summed E-state index contributed by atoms with van der Waals surface area (Å²) in [5, 5.41) is 3.99. The number of amidine groups is 1. The maximum Gasteiger partial charge on any atom is 0.161 e. The van der Waals surface area contributed by atoms with Crippen LogP contribution in [0.4, 0.5) is 10.1 Å². The van der Waals surface area contributed by atoms with E-state index in [1.807, 2.05) is 0 Å². The monoisotopic (exact) mass is 334 g/mol. The molecule has 0 saturated carbocycles. The number of hydrogen-bond donors (Lipinski definition) is 1. The average Bonchev–Trinajstić information content (AvgIpc) is 2.79. The van der Waals surface area contributed by atoms with Crippen LogP contribution in [0.25, 0.3) is 0 Å². The molecule has 20 heavy (non-hydrogen) atoms. The van der Waals surface area contributed by atoms with Gasteiger partial charge in [0.05, 0.1) is 15.6 Å². The molecule has 0 atom stereocenters. The smallest absolute Gasteiger partial charge is 0.161 e. The van der Waals surface area contributed by atoms with Gasteiger partial charge in [-0.15, -0.1) is 0 Å². The summed E-state index contributed by atoms with van der Waals surface area (Å²) in [6, 6.07) is 3.03. The second kappa shape index (κ2) is 5.72. The van der Waals surface area contributed by atoms with E-state index in [4.69, 9.17) is 32.9 Å². The van der Waals surface area contributed by atoms with Crippen molar-refractivity contribution in [2.24, 2.45) is 4.99 Å². The average molecular weight is 335 g/mol. The van der Waals surface area contributed by atoms with E-state index in [1.54, 1.807) is 11.8 Å². The third-order valence-corrected chi connectivity index (χ3v) is 5.17. The van der Waals surface area contributed by atoms with E-state index in [-0.39, 0.29) is 15.6 Å². The highest BCUT2D eigenvalue weighted by molar-refractivity contribution is 8.14. The zero-order chi connectivity index (χ0) is 14.2. The molecule has 3 rings (SSSR count). The minimum absolute atomic E-state index is 0.00405. The minimum Gasteiger partial charge on any atom is -0.381 e. The second-order valence-corrected chi connectivity index (χ2v) is 6.70. The first-order valence-corrected chi connectivity index (χ1v) is 8.04. The Hall–Kier alpha value is -0.490. The molecule has 1 fully saturated rings. The summed E-state index contributed by atoms with van der Waals surface area (Å²) < 4.78 is 18.7. The Kier molecular flexibility index (Phi) is 4.13. The molecule has 0 unspecified atom stereocenters. The number of thioether (sulfide) groups is 1. The molecule has 0 aromatic heterocycles. The highest BCUT2D eigenvalue weighted by Gasteiger charge is 2.37.